The highest BCUT2D eigenvalue weighted by Gasteiger charge is 2.48. The van der Waals surface area contributed by atoms with E-state index in [-0.39, 0.29) is 29.7 Å². The van der Waals surface area contributed by atoms with Gasteiger partial charge in [-0.3, -0.25) is 0 Å². The number of esters is 2. The van der Waals surface area contributed by atoms with Crippen LogP contribution in [0, 0.1) is 0 Å². The zero-order valence-electron chi connectivity index (χ0n) is 22.6. The maximum atomic E-state index is 13.5. The Balaban J connectivity index is 1.69. The van der Waals surface area contributed by atoms with Crippen molar-refractivity contribution >= 4 is 40.3 Å². The Morgan fingerprint density at radius 1 is 0.902 bits per heavy atom. The summed E-state index contributed by atoms with van der Waals surface area (Å²) in [6.07, 6.45) is -0.000227. The Hall–Kier alpha value is -4.68. The summed E-state index contributed by atoms with van der Waals surface area (Å²) in [5, 5.41) is 12.1. The number of hydrogen-bond acceptors (Lipinski definition) is 12. The third-order valence-electron chi connectivity index (χ3n) is 6.69. The number of aromatic nitrogens is 2. The minimum Gasteiger partial charge on any atom is -0.497 e. The predicted molar refractivity (Wildman–Crippen MR) is 148 cm³/mol. The summed E-state index contributed by atoms with van der Waals surface area (Å²) in [6, 6.07) is 15.0. The van der Waals surface area contributed by atoms with E-state index in [1.54, 1.807) is 54.6 Å². The summed E-state index contributed by atoms with van der Waals surface area (Å²) in [5.74, 6) is -1.93. The quantitative estimate of drug-likeness (QED) is 0.276. The molecule has 5 rings (SSSR count). The lowest BCUT2D eigenvalue weighted by Gasteiger charge is -2.27. The third-order valence-corrected chi connectivity index (χ3v) is 7.24. The van der Waals surface area contributed by atoms with Crippen molar-refractivity contribution < 1.29 is 43.1 Å². The van der Waals surface area contributed by atoms with Gasteiger partial charge in [-0.2, -0.15) is 8.75 Å². The van der Waals surface area contributed by atoms with Crippen molar-refractivity contribution in [3.63, 3.8) is 0 Å². The first-order chi connectivity index (χ1) is 19.8. The standard InChI is InChI=1S/C29H26N2O9S/c1-35-19-8-5-16(24(14-19)39-15-26(32)38-4)11-20-27(17-6-9-21-22(12-17)31-41-30-21)28(33)40-29(20,34)18-7-10-23(36-2)25(13-18)37-3/h5-10,12-14,34H,11,15H2,1-4H3. The summed E-state index contributed by atoms with van der Waals surface area (Å²) in [6.45, 7) is -0.356. The normalized spacial score (nSPS) is 16.5. The van der Waals surface area contributed by atoms with Gasteiger partial charge in [0.05, 0.1) is 45.7 Å². The van der Waals surface area contributed by atoms with Crippen LogP contribution in [0.25, 0.3) is 16.6 Å². The van der Waals surface area contributed by atoms with Gasteiger partial charge in [0, 0.05) is 23.6 Å². The van der Waals surface area contributed by atoms with E-state index in [9.17, 15) is 14.7 Å². The molecule has 212 valence electrons. The molecule has 1 unspecified atom stereocenters. The molecule has 1 aromatic heterocycles. The van der Waals surface area contributed by atoms with Crippen LogP contribution in [0.4, 0.5) is 0 Å². The number of carbonyl (C=O) groups excluding carboxylic acids is 2. The summed E-state index contributed by atoms with van der Waals surface area (Å²) in [5.41, 5.74) is 2.96. The van der Waals surface area contributed by atoms with Gasteiger partial charge in [-0.1, -0.05) is 12.1 Å². The topological polar surface area (TPSA) is 136 Å². The zero-order valence-corrected chi connectivity index (χ0v) is 23.4. The van der Waals surface area contributed by atoms with Crippen LogP contribution in [0.5, 0.6) is 23.0 Å². The highest BCUT2D eigenvalue weighted by atomic mass is 32.1. The molecule has 2 heterocycles. The van der Waals surface area contributed by atoms with Gasteiger partial charge in [0.1, 0.15) is 22.5 Å². The number of fused-ring (bicyclic) bond motifs is 1. The van der Waals surface area contributed by atoms with Crippen LogP contribution in [0.3, 0.4) is 0 Å². The second-order valence-corrected chi connectivity index (χ2v) is 9.47. The first-order valence-electron chi connectivity index (χ1n) is 12.3. The Labute approximate surface area is 239 Å². The fourth-order valence-corrected chi connectivity index (χ4v) is 5.10. The van der Waals surface area contributed by atoms with E-state index >= 15 is 0 Å². The molecule has 0 saturated carbocycles. The van der Waals surface area contributed by atoms with Gasteiger partial charge in [-0.05, 0) is 47.5 Å². The molecule has 11 nitrogen and oxygen atoms in total. The van der Waals surface area contributed by atoms with E-state index in [0.717, 1.165) is 11.7 Å². The molecular formula is C29H26N2O9S. The van der Waals surface area contributed by atoms with Crippen LogP contribution < -0.4 is 18.9 Å². The van der Waals surface area contributed by atoms with Crippen LogP contribution in [0.1, 0.15) is 16.7 Å². The summed E-state index contributed by atoms with van der Waals surface area (Å²) < 4.78 is 40.8. The molecule has 0 saturated heterocycles. The summed E-state index contributed by atoms with van der Waals surface area (Å²) >= 11 is 1.05. The van der Waals surface area contributed by atoms with Crippen molar-refractivity contribution in [2.45, 2.75) is 12.2 Å². The lowest BCUT2D eigenvalue weighted by molar-refractivity contribution is -0.185. The predicted octanol–water partition coefficient (Wildman–Crippen LogP) is 3.67. The average Bonchev–Trinajstić information content (AvgIpc) is 3.57. The van der Waals surface area contributed by atoms with Crippen LogP contribution in [0.15, 0.2) is 60.2 Å². The Morgan fingerprint density at radius 2 is 1.68 bits per heavy atom. The molecule has 41 heavy (non-hydrogen) atoms. The number of aliphatic hydroxyl groups is 1. The lowest BCUT2D eigenvalue weighted by Crippen LogP contribution is -2.30. The number of cyclic esters (lactones) is 1. The van der Waals surface area contributed by atoms with Crippen molar-refractivity contribution in [3.05, 3.63) is 76.9 Å². The van der Waals surface area contributed by atoms with E-state index in [4.69, 9.17) is 28.4 Å². The van der Waals surface area contributed by atoms with Crippen LogP contribution in [-0.2, 0) is 31.3 Å². The van der Waals surface area contributed by atoms with Crippen LogP contribution in [0.2, 0.25) is 0 Å². The molecule has 0 fully saturated rings. The zero-order chi connectivity index (χ0) is 29.1. The van der Waals surface area contributed by atoms with Gasteiger partial charge in [0.2, 0.25) is 0 Å². The number of rotatable bonds is 10. The summed E-state index contributed by atoms with van der Waals surface area (Å²) in [7, 11) is 5.72. The Morgan fingerprint density at radius 3 is 2.41 bits per heavy atom. The Bertz CT molecular complexity index is 1670. The molecule has 12 heteroatoms. The van der Waals surface area contributed by atoms with Gasteiger partial charge in [-0.15, -0.1) is 0 Å². The number of methoxy groups -OCH3 is 4. The molecule has 1 aliphatic rings. The van der Waals surface area contributed by atoms with E-state index < -0.39 is 17.7 Å². The van der Waals surface area contributed by atoms with E-state index in [0.29, 0.717) is 45.2 Å². The number of nitrogens with zero attached hydrogens (tertiary/aromatic N) is 2. The minimum absolute atomic E-state index is 0.000227. The molecule has 1 atom stereocenters. The molecule has 4 aromatic rings. The number of carbonyl (C=O) groups is 2. The second-order valence-electron chi connectivity index (χ2n) is 8.94. The van der Waals surface area contributed by atoms with E-state index in [1.807, 2.05) is 0 Å². The molecule has 1 aliphatic heterocycles. The van der Waals surface area contributed by atoms with Crippen molar-refractivity contribution in [2.75, 3.05) is 35.0 Å². The van der Waals surface area contributed by atoms with Crippen molar-refractivity contribution in [1.29, 1.82) is 0 Å². The van der Waals surface area contributed by atoms with Crippen molar-refractivity contribution in [3.8, 4) is 23.0 Å². The van der Waals surface area contributed by atoms with Crippen LogP contribution >= 0.6 is 11.7 Å². The van der Waals surface area contributed by atoms with E-state index in [1.165, 1.54) is 28.4 Å². The first-order valence-corrected chi connectivity index (χ1v) is 13.0. The molecular weight excluding hydrogens is 552 g/mol. The monoisotopic (exact) mass is 578 g/mol. The van der Waals surface area contributed by atoms with Gasteiger partial charge in [-0.25, -0.2) is 9.59 Å². The Kier molecular flexibility index (Phi) is 7.77. The molecule has 0 aliphatic carbocycles. The smallest absolute Gasteiger partial charge is 0.343 e. The first kappa shape index (κ1) is 27.9. The van der Waals surface area contributed by atoms with Crippen molar-refractivity contribution in [1.82, 2.24) is 8.75 Å². The average molecular weight is 579 g/mol. The largest absolute Gasteiger partial charge is 0.497 e. The van der Waals surface area contributed by atoms with Crippen LogP contribution in [-0.4, -0.2) is 60.8 Å². The summed E-state index contributed by atoms with van der Waals surface area (Å²) in [4.78, 5) is 25.4. The van der Waals surface area contributed by atoms with Gasteiger partial charge in [0.25, 0.3) is 5.79 Å². The van der Waals surface area contributed by atoms with Crippen molar-refractivity contribution in [2.24, 2.45) is 0 Å². The van der Waals surface area contributed by atoms with E-state index in [2.05, 4.69) is 8.75 Å². The highest BCUT2D eigenvalue weighted by molar-refractivity contribution is 7.00. The third kappa shape index (κ3) is 5.26. The maximum absolute atomic E-state index is 13.5. The number of benzene rings is 3. The van der Waals surface area contributed by atoms with Gasteiger partial charge >= 0.3 is 11.9 Å². The molecule has 0 amide bonds. The number of ether oxygens (including phenoxy) is 6. The van der Waals surface area contributed by atoms with Gasteiger partial charge < -0.3 is 33.5 Å². The second kappa shape index (κ2) is 11.4. The molecule has 0 spiro atoms. The fourth-order valence-electron chi connectivity index (χ4n) is 4.59. The molecule has 0 bridgehead atoms. The maximum Gasteiger partial charge on any atom is 0.343 e. The lowest BCUT2D eigenvalue weighted by atomic mass is 9.87. The number of hydrogen-bond donors (Lipinski definition) is 1. The molecule has 1 N–H and O–H groups in total. The molecule has 3 aromatic carbocycles. The minimum atomic E-state index is -2.18. The fraction of sp³-hybridized carbons (Fsp3) is 0.241. The molecule has 0 radical (unpaired) electrons. The highest BCUT2D eigenvalue weighted by Crippen LogP contribution is 2.47. The van der Waals surface area contributed by atoms with Gasteiger partial charge in [0.15, 0.2) is 18.1 Å². The SMILES string of the molecule is COC(=O)COc1cc(OC)ccc1CC1=C(c2ccc3nsnc3c2)C(=O)OC1(O)c1ccc(OC)c(OC)c1.